The Bertz CT molecular complexity index is 2540. The molecule has 220 valence electrons. The van der Waals surface area contributed by atoms with Crippen LogP contribution in [-0.4, -0.2) is 15.0 Å². The molecule has 0 radical (unpaired) electrons. The monoisotopic (exact) mass is 601 g/mol. The fourth-order valence-corrected chi connectivity index (χ4v) is 6.39. The van der Waals surface area contributed by atoms with Crippen LogP contribution in [0.2, 0.25) is 0 Å². The van der Waals surface area contributed by atoms with Crippen molar-refractivity contribution in [2.75, 3.05) is 0 Å². The lowest BCUT2D eigenvalue weighted by Gasteiger charge is -2.09. The van der Waals surface area contributed by atoms with E-state index < -0.39 is 0 Å². The van der Waals surface area contributed by atoms with E-state index in [9.17, 15) is 0 Å². The number of fused-ring (bicyclic) bond motifs is 5. The molecule has 0 unspecified atom stereocenters. The number of hydrogen-bond donors (Lipinski definition) is 0. The summed E-state index contributed by atoms with van der Waals surface area (Å²) in [5.74, 6) is 1.84. The van der Waals surface area contributed by atoms with Gasteiger partial charge in [0.15, 0.2) is 17.5 Å². The van der Waals surface area contributed by atoms with E-state index >= 15 is 0 Å². The first-order valence-electron chi connectivity index (χ1n) is 15.7. The SMILES string of the molecule is c1ccc(-c2ccc(-c3nc(-c4ccccc4)nc(-c4ccc5c(c4)oc4c6ccccc6c(-c6ccccc6)cc54)n3)cc2)cc1. The second-order valence-corrected chi connectivity index (χ2v) is 11.6. The van der Waals surface area contributed by atoms with Crippen LogP contribution >= 0.6 is 0 Å². The molecule has 0 amide bonds. The Balaban J connectivity index is 1.20. The van der Waals surface area contributed by atoms with Crippen LogP contribution in [-0.2, 0) is 0 Å². The van der Waals surface area contributed by atoms with Crippen molar-refractivity contribution >= 4 is 32.7 Å². The van der Waals surface area contributed by atoms with Gasteiger partial charge in [-0.1, -0.05) is 146 Å². The molecular weight excluding hydrogens is 574 g/mol. The van der Waals surface area contributed by atoms with Crippen LogP contribution in [0.25, 0.3) is 89.1 Å². The molecule has 0 bridgehead atoms. The number of furan rings is 1. The summed E-state index contributed by atoms with van der Waals surface area (Å²) in [6, 6.07) is 56.3. The molecule has 0 aliphatic rings. The molecule has 2 heterocycles. The summed E-state index contributed by atoms with van der Waals surface area (Å²) in [5.41, 5.74) is 9.08. The van der Waals surface area contributed by atoms with Crippen LogP contribution in [0.4, 0.5) is 0 Å². The van der Waals surface area contributed by atoms with Gasteiger partial charge in [-0.05, 0) is 45.8 Å². The minimum absolute atomic E-state index is 0.596. The minimum atomic E-state index is 0.596. The van der Waals surface area contributed by atoms with Gasteiger partial charge in [0.05, 0.1) is 0 Å². The van der Waals surface area contributed by atoms with Crippen molar-refractivity contribution in [3.05, 3.63) is 164 Å². The molecule has 4 nitrogen and oxygen atoms in total. The van der Waals surface area contributed by atoms with Gasteiger partial charge in [-0.25, -0.2) is 15.0 Å². The smallest absolute Gasteiger partial charge is 0.164 e. The van der Waals surface area contributed by atoms with Gasteiger partial charge < -0.3 is 4.42 Å². The van der Waals surface area contributed by atoms with Crippen molar-refractivity contribution in [1.29, 1.82) is 0 Å². The summed E-state index contributed by atoms with van der Waals surface area (Å²) in [4.78, 5) is 14.9. The standard InChI is InChI=1S/C43H27N3O/c1-4-12-28(13-5-1)29-20-22-32(23-21-29)42-44-41(31-16-8-3-9-17-31)45-43(46-42)33-24-25-35-38-27-37(30-14-6-2-7-15-30)34-18-10-11-19-36(34)40(38)47-39(35)26-33/h1-27H. The average molecular weight is 602 g/mol. The zero-order valence-corrected chi connectivity index (χ0v) is 25.3. The van der Waals surface area contributed by atoms with Gasteiger partial charge in [0.25, 0.3) is 0 Å². The predicted octanol–water partition coefficient (Wildman–Crippen LogP) is 11.3. The molecule has 0 spiro atoms. The van der Waals surface area contributed by atoms with Crippen LogP contribution in [0.1, 0.15) is 0 Å². The largest absolute Gasteiger partial charge is 0.455 e. The van der Waals surface area contributed by atoms with Crippen molar-refractivity contribution in [3.63, 3.8) is 0 Å². The van der Waals surface area contributed by atoms with E-state index in [0.29, 0.717) is 17.5 Å². The van der Waals surface area contributed by atoms with Gasteiger partial charge in [-0.3, -0.25) is 0 Å². The summed E-state index contributed by atoms with van der Waals surface area (Å²) in [6.07, 6.45) is 0. The normalized spacial score (nSPS) is 11.4. The van der Waals surface area contributed by atoms with Gasteiger partial charge in [-0.2, -0.15) is 0 Å². The minimum Gasteiger partial charge on any atom is -0.455 e. The predicted molar refractivity (Wildman–Crippen MR) is 192 cm³/mol. The number of benzene rings is 7. The van der Waals surface area contributed by atoms with Crippen LogP contribution in [0.15, 0.2) is 168 Å². The summed E-state index contributed by atoms with van der Waals surface area (Å²) in [5, 5.41) is 4.40. The molecular formula is C43H27N3O. The lowest BCUT2D eigenvalue weighted by molar-refractivity contribution is 0.673. The maximum absolute atomic E-state index is 6.63. The molecule has 47 heavy (non-hydrogen) atoms. The number of aromatic nitrogens is 3. The van der Waals surface area contributed by atoms with Crippen molar-refractivity contribution in [2.45, 2.75) is 0 Å². The topological polar surface area (TPSA) is 51.8 Å². The van der Waals surface area contributed by atoms with E-state index in [1.54, 1.807) is 0 Å². The molecule has 2 aromatic heterocycles. The highest BCUT2D eigenvalue weighted by molar-refractivity contribution is 6.19. The Hall–Kier alpha value is -6.39. The van der Waals surface area contributed by atoms with Crippen molar-refractivity contribution < 1.29 is 4.42 Å². The number of hydrogen-bond acceptors (Lipinski definition) is 4. The van der Waals surface area contributed by atoms with Crippen LogP contribution in [0.3, 0.4) is 0 Å². The van der Waals surface area contributed by atoms with Gasteiger partial charge in [-0.15, -0.1) is 0 Å². The molecule has 0 aliphatic carbocycles. The zero-order chi connectivity index (χ0) is 31.2. The molecule has 9 rings (SSSR count). The Kier molecular flexibility index (Phi) is 6.43. The maximum atomic E-state index is 6.63. The quantitative estimate of drug-likeness (QED) is 0.197. The van der Waals surface area contributed by atoms with E-state index in [1.165, 1.54) is 22.1 Å². The highest BCUT2D eigenvalue weighted by atomic mass is 16.3. The number of rotatable bonds is 5. The fraction of sp³-hybridized carbons (Fsp3) is 0. The highest BCUT2D eigenvalue weighted by Crippen LogP contribution is 2.40. The molecule has 0 saturated carbocycles. The molecule has 4 heteroatoms. The molecule has 0 atom stereocenters. The lowest BCUT2D eigenvalue weighted by atomic mass is 9.95. The van der Waals surface area contributed by atoms with E-state index in [4.69, 9.17) is 19.4 Å². The molecule has 0 N–H and O–H groups in total. The summed E-state index contributed by atoms with van der Waals surface area (Å²) >= 11 is 0. The Labute approximate surface area is 271 Å². The second-order valence-electron chi connectivity index (χ2n) is 11.6. The Morgan fingerprint density at radius 3 is 1.45 bits per heavy atom. The van der Waals surface area contributed by atoms with Gasteiger partial charge in [0.2, 0.25) is 0 Å². The lowest BCUT2D eigenvalue weighted by Crippen LogP contribution is -2.00. The van der Waals surface area contributed by atoms with Crippen LogP contribution < -0.4 is 0 Å². The van der Waals surface area contributed by atoms with Gasteiger partial charge in [0, 0.05) is 32.8 Å². The van der Waals surface area contributed by atoms with E-state index in [2.05, 4.69) is 127 Å². The van der Waals surface area contributed by atoms with Crippen molar-refractivity contribution in [3.8, 4) is 56.4 Å². The zero-order valence-electron chi connectivity index (χ0n) is 25.3. The molecule has 0 fully saturated rings. The summed E-state index contributed by atoms with van der Waals surface area (Å²) < 4.78 is 6.63. The third kappa shape index (κ3) is 4.84. The van der Waals surface area contributed by atoms with E-state index in [0.717, 1.165) is 49.6 Å². The third-order valence-corrected chi connectivity index (χ3v) is 8.74. The van der Waals surface area contributed by atoms with Crippen molar-refractivity contribution in [1.82, 2.24) is 15.0 Å². The Morgan fingerprint density at radius 2 is 0.787 bits per heavy atom. The van der Waals surface area contributed by atoms with Crippen molar-refractivity contribution in [2.24, 2.45) is 0 Å². The molecule has 7 aromatic carbocycles. The molecule has 0 saturated heterocycles. The molecule has 0 aliphatic heterocycles. The summed E-state index contributed by atoms with van der Waals surface area (Å²) in [7, 11) is 0. The summed E-state index contributed by atoms with van der Waals surface area (Å²) in [6.45, 7) is 0. The van der Waals surface area contributed by atoms with Gasteiger partial charge in [0.1, 0.15) is 11.2 Å². The van der Waals surface area contributed by atoms with E-state index in [-0.39, 0.29) is 0 Å². The fourth-order valence-electron chi connectivity index (χ4n) is 6.39. The average Bonchev–Trinajstić information content (AvgIpc) is 3.53. The first-order chi connectivity index (χ1) is 23.3. The number of nitrogens with zero attached hydrogens (tertiary/aromatic N) is 3. The van der Waals surface area contributed by atoms with E-state index in [1.807, 2.05) is 36.4 Å². The molecule has 9 aromatic rings. The van der Waals surface area contributed by atoms with Gasteiger partial charge >= 0.3 is 0 Å². The second kappa shape index (κ2) is 11.2. The third-order valence-electron chi connectivity index (χ3n) is 8.74. The Morgan fingerprint density at radius 1 is 0.319 bits per heavy atom. The van der Waals surface area contributed by atoms with Crippen LogP contribution in [0, 0.1) is 0 Å². The maximum Gasteiger partial charge on any atom is 0.164 e. The van der Waals surface area contributed by atoms with Crippen LogP contribution in [0.5, 0.6) is 0 Å². The first-order valence-corrected chi connectivity index (χ1v) is 15.7. The highest BCUT2D eigenvalue weighted by Gasteiger charge is 2.17. The first kappa shape index (κ1) is 27.0.